The maximum Gasteiger partial charge on any atom is 0.304 e. The van der Waals surface area contributed by atoms with Crippen LogP contribution in [0.3, 0.4) is 0 Å². The minimum Gasteiger partial charge on any atom is -0.481 e. The van der Waals surface area contributed by atoms with Gasteiger partial charge in [0.05, 0.1) is 30.2 Å². The van der Waals surface area contributed by atoms with E-state index < -0.39 is 11.4 Å². The molecule has 0 spiro atoms. The van der Waals surface area contributed by atoms with E-state index in [-0.39, 0.29) is 12.3 Å². The van der Waals surface area contributed by atoms with E-state index in [0.717, 1.165) is 16.7 Å². The molecule has 30 heavy (non-hydrogen) atoms. The number of methoxy groups -OCH3 is 1. The number of ether oxygens (including phenoxy) is 1. The van der Waals surface area contributed by atoms with Crippen molar-refractivity contribution in [2.24, 2.45) is 5.41 Å². The van der Waals surface area contributed by atoms with E-state index in [1.54, 1.807) is 26.4 Å². The predicted octanol–water partition coefficient (Wildman–Crippen LogP) is 3.44. The molecule has 154 valence electrons. The predicted molar refractivity (Wildman–Crippen MR) is 114 cm³/mol. The molecule has 1 aliphatic rings. The standard InChI is InChI=1S/C22H21N3O4S/c1-25(21-24-17(13-30-21)16-8-5-9-23-19(16)29-2)20(28)22(12-18(26)27)10-14-6-3-4-7-15(14)11-22/h3-9,13H,10-12H2,1-2H3,(H,26,27). The van der Waals surface area contributed by atoms with Crippen molar-refractivity contribution in [3.8, 4) is 17.1 Å². The van der Waals surface area contributed by atoms with Crippen molar-refractivity contribution in [3.05, 3.63) is 59.1 Å². The molecule has 7 nitrogen and oxygen atoms in total. The topological polar surface area (TPSA) is 92.6 Å². The maximum atomic E-state index is 13.5. The Hall–Kier alpha value is -3.26. The number of carboxylic acid groups (broad SMARTS) is 1. The number of fused-ring (bicyclic) bond motifs is 1. The summed E-state index contributed by atoms with van der Waals surface area (Å²) in [6.07, 6.45) is 2.23. The van der Waals surface area contributed by atoms with Gasteiger partial charge in [-0.25, -0.2) is 9.97 Å². The van der Waals surface area contributed by atoms with Crippen LogP contribution in [0.15, 0.2) is 48.0 Å². The van der Waals surface area contributed by atoms with Crippen molar-refractivity contribution < 1.29 is 19.4 Å². The van der Waals surface area contributed by atoms with E-state index in [1.807, 2.05) is 35.7 Å². The van der Waals surface area contributed by atoms with Crippen LogP contribution in [-0.4, -0.2) is 41.1 Å². The number of anilines is 1. The summed E-state index contributed by atoms with van der Waals surface area (Å²) >= 11 is 1.32. The molecule has 8 heteroatoms. The monoisotopic (exact) mass is 423 g/mol. The van der Waals surface area contributed by atoms with Crippen molar-refractivity contribution in [2.75, 3.05) is 19.1 Å². The molecule has 0 fully saturated rings. The molecule has 0 saturated carbocycles. The summed E-state index contributed by atoms with van der Waals surface area (Å²) in [5, 5.41) is 11.9. The summed E-state index contributed by atoms with van der Waals surface area (Å²) in [4.78, 5) is 35.4. The number of hydrogen-bond acceptors (Lipinski definition) is 6. The lowest BCUT2D eigenvalue weighted by Gasteiger charge is -2.30. The van der Waals surface area contributed by atoms with E-state index in [4.69, 9.17) is 4.74 Å². The third kappa shape index (κ3) is 3.54. The smallest absolute Gasteiger partial charge is 0.304 e. The van der Waals surface area contributed by atoms with Crippen molar-refractivity contribution in [1.82, 2.24) is 9.97 Å². The zero-order chi connectivity index (χ0) is 21.3. The van der Waals surface area contributed by atoms with Gasteiger partial charge in [-0.2, -0.15) is 0 Å². The second kappa shape index (κ2) is 7.87. The van der Waals surface area contributed by atoms with Gasteiger partial charge in [0.2, 0.25) is 11.8 Å². The van der Waals surface area contributed by atoms with Gasteiger partial charge in [0.1, 0.15) is 0 Å². The second-order valence-electron chi connectivity index (χ2n) is 7.41. The Balaban J connectivity index is 1.64. The number of carbonyl (C=O) groups is 2. The molecule has 2 heterocycles. The average Bonchev–Trinajstić information content (AvgIpc) is 3.37. The first-order valence-electron chi connectivity index (χ1n) is 9.45. The molecule has 0 saturated heterocycles. The minimum absolute atomic E-state index is 0.223. The number of nitrogens with zero attached hydrogens (tertiary/aromatic N) is 3. The second-order valence-corrected chi connectivity index (χ2v) is 8.25. The van der Waals surface area contributed by atoms with E-state index in [0.29, 0.717) is 29.5 Å². The van der Waals surface area contributed by atoms with Gasteiger partial charge in [0.15, 0.2) is 5.13 Å². The highest BCUT2D eigenvalue weighted by Gasteiger charge is 2.47. The van der Waals surface area contributed by atoms with E-state index in [2.05, 4.69) is 9.97 Å². The summed E-state index contributed by atoms with van der Waals surface area (Å²) in [6.45, 7) is 0. The fourth-order valence-electron chi connectivity index (χ4n) is 4.07. The van der Waals surface area contributed by atoms with Crippen LogP contribution in [0.2, 0.25) is 0 Å². The molecule has 0 radical (unpaired) electrons. The largest absolute Gasteiger partial charge is 0.481 e. The highest BCUT2D eigenvalue weighted by molar-refractivity contribution is 7.14. The van der Waals surface area contributed by atoms with Crippen LogP contribution in [0.25, 0.3) is 11.3 Å². The summed E-state index contributed by atoms with van der Waals surface area (Å²) in [5.74, 6) is -0.762. The van der Waals surface area contributed by atoms with Crippen molar-refractivity contribution >= 4 is 28.3 Å². The van der Waals surface area contributed by atoms with Gasteiger partial charge in [0, 0.05) is 18.6 Å². The third-order valence-electron chi connectivity index (χ3n) is 5.44. The van der Waals surface area contributed by atoms with Gasteiger partial charge in [-0.15, -0.1) is 11.3 Å². The van der Waals surface area contributed by atoms with Crippen LogP contribution < -0.4 is 9.64 Å². The highest BCUT2D eigenvalue weighted by Crippen LogP contribution is 2.42. The fourth-order valence-corrected chi connectivity index (χ4v) is 4.86. The molecule has 4 rings (SSSR count). The van der Waals surface area contributed by atoms with Crippen LogP contribution in [0, 0.1) is 5.41 Å². The molecule has 0 atom stereocenters. The minimum atomic E-state index is -1.01. The molecule has 1 amide bonds. The third-order valence-corrected chi connectivity index (χ3v) is 6.36. The summed E-state index contributed by atoms with van der Waals surface area (Å²) < 4.78 is 5.30. The van der Waals surface area contributed by atoms with Crippen LogP contribution in [0.5, 0.6) is 5.88 Å². The van der Waals surface area contributed by atoms with E-state index in [1.165, 1.54) is 16.2 Å². The van der Waals surface area contributed by atoms with Gasteiger partial charge in [-0.1, -0.05) is 24.3 Å². The SMILES string of the molecule is COc1ncccc1-c1csc(N(C)C(=O)C2(CC(=O)O)Cc3ccccc3C2)n1. The fraction of sp³-hybridized carbons (Fsp3) is 0.273. The van der Waals surface area contributed by atoms with E-state index in [9.17, 15) is 14.7 Å². The Morgan fingerprint density at radius 2 is 1.90 bits per heavy atom. The number of rotatable bonds is 6. The van der Waals surface area contributed by atoms with Crippen LogP contribution in [0.4, 0.5) is 5.13 Å². The molecule has 1 N–H and O–H groups in total. The number of carbonyl (C=O) groups excluding carboxylic acids is 1. The van der Waals surface area contributed by atoms with Gasteiger partial charge >= 0.3 is 5.97 Å². The Labute approximate surface area is 178 Å². The van der Waals surface area contributed by atoms with E-state index >= 15 is 0 Å². The number of benzene rings is 1. The first kappa shape index (κ1) is 20.0. The molecule has 1 aromatic carbocycles. The quantitative estimate of drug-likeness (QED) is 0.653. The zero-order valence-corrected chi connectivity index (χ0v) is 17.5. The Morgan fingerprint density at radius 1 is 1.20 bits per heavy atom. The zero-order valence-electron chi connectivity index (χ0n) is 16.7. The number of aliphatic carboxylic acids is 1. The number of amides is 1. The molecule has 3 aromatic rings. The molecule has 1 aliphatic carbocycles. The molecule has 2 aromatic heterocycles. The number of carboxylic acids is 1. The van der Waals surface area contributed by atoms with Gasteiger partial charge in [0.25, 0.3) is 0 Å². The Kier molecular flexibility index (Phi) is 5.26. The normalized spacial score (nSPS) is 14.2. The van der Waals surface area contributed by atoms with Crippen molar-refractivity contribution in [1.29, 1.82) is 0 Å². The molecular weight excluding hydrogens is 402 g/mol. The Bertz CT molecular complexity index is 1090. The molecule has 0 aliphatic heterocycles. The maximum absolute atomic E-state index is 13.5. The summed E-state index contributed by atoms with van der Waals surface area (Å²) in [5.41, 5.74) is 2.43. The lowest BCUT2D eigenvalue weighted by molar-refractivity contribution is -0.144. The molecule has 0 bridgehead atoms. The van der Waals surface area contributed by atoms with Crippen LogP contribution in [-0.2, 0) is 22.4 Å². The Morgan fingerprint density at radius 3 is 2.53 bits per heavy atom. The van der Waals surface area contributed by atoms with Gasteiger partial charge in [-0.05, 0) is 36.1 Å². The van der Waals surface area contributed by atoms with Gasteiger partial charge < -0.3 is 9.84 Å². The summed E-state index contributed by atoms with van der Waals surface area (Å²) in [7, 11) is 3.19. The average molecular weight is 423 g/mol. The highest BCUT2D eigenvalue weighted by atomic mass is 32.1. The molecular formula is C22H21N3O4S. The number of aromatic nitrogens is 2. The lowest BCUT2D eigenvalue weighted by Crippen LogP contribution is -2.44. The van der Waals surface area contributed by atoms with Crippen LogP contribution >= 0.6 is 11.3 Å². The van der Waals surface area contributed by atoms with Crippen molar-refractivity contribution in [3.63, 3.8) is 0 Å². The number of hydrogen-bond donors (Lipinski definition) is 1. The first-order chi connectivity index (χ1) is 14.4. The van der Waals surface area contributed by atoms with Crippen molar-refractivity contribution in [2.45, 2.75) is 19.3 Å². The number of thiazole rings is 1. The summed E-state index contributed by atoms with van der Waals surface area (Å²) in [6, 6.07) is 11.4. The first-order valence-corrected chi connectivity index (χ1v) is 10.3. The lowest BCUT2D eigenvalue weighted by atomic mass is 9.80. The number of pyridine rings is 1. The molecule has 0 unspecified atom stereocenters. The van der Waals surface area contributed by atoms with Crippen LogP contribution in [0.1, 0.15) is 17.5 Å². The van der Waals surface area contributed by atoms with Gasteiger partial charge in [-0.3, -0.25) is 14.5 Å².